The van der Waals surface area contributed by atoms with Crippen LogP contribution < -0.4 is 15.5 Å². The first-order chi connectivity index (χ1) is 14.4. The molecule has 2 atom stereocenters. The van der Waals surface area contributed by atoms with E-state index in [0.717, 1.165) is 0 Å². The highest BCUT2D eigenvalue weighted by atomic mass is 16.6. The Labute approximate surface area is 175 Å². The fraction of sp³-hybridized carbons (Fsp3) is 0.273. The highest BCUT2D eigenvalue weighted by molar-refractivity contribution is 5.86. The van der Waals surface area contributed by atoms with Gasteiger partial charge in [-0.05, 0) is 48.6 Å². The zero-order chi connectivity index (χ0) is 21.9. The van der Waals surface area contributed by atoms with Crippen molar-refractivity contribution < 1.29 is 29.4 Å². The molecule has 30 heavy (non-hydrogen) atoms. The first-order valence-corrected chi connectivity index (χ1v) is 9.44. The monoisotopic (exact) mass is 414 g/mol. The summed E-state index contributed by atoms with van der Waals surface area (Å²) in [7, 11) is 1.45. The van der Waals surface area contributed by atoms with E-state index in [1.54, 1.807) is 42.5 Å². The SMILES string of the molecule is COc1ccc([C@@H](OC(=O)Nc2ccccc2)[C@H](C)CC/C=C/C(=O)NO)cc1O. The van der Waals surface area contributed by atoms with E-state index in [4.69, 9.17) is 14.7 Å². The second kappa shape index (κ2) is 11.5. The Morgan fingerprint density at radius 3 is 2.53 bits per heavy atom. The molecule has 160 valence electrons. The van der Waals surface area contributed by atoms with Crippen LogP contribution in [0.3, 0.4) is 0 Å². The number of phenols is 1. The van der Waals surface area contributed by atoms with Crippen molar-refractivity contribution in [3.05, 3.63) is 66.2 Å². The Morgan fingerprint density at radius 1 is 1.17 bits per heavy atom. The molecule has 0 aromatic heterocycles. The normalized spacial score (nSPS) is 12.8. The average molecular weight is 414 g/mol. The van der Waals surface area contributed by atoms with Crippen molar-refractivity contribution in [3.8, 4) is 11.5 Å². The van der Waals surface area contributed by atoms with Crippen LogP contribution in [0.4, 0.5) is 10.5 Å². The van der Waals surface area contributed by atoms with E-state index in [0.29, 0.717) is 29.8 Å². The number of para-hydroxylation sites is 1. The lowest BCUT2D eigenvalue weighted by molar-refractivity contribution is -0.124. The van der Waals surface area contributed by atoms with Crippen LogP contribution in [0.1, 0.15) is 31.4 Å². The summed E-state index contributed by atoms with van der Waals surface area (Å²) in [6, 6.07) is 13.8. The topological polar surface area (TPSA) is 117 Å². The maximum Gasteiger partial charge on any atom is 0.412 e. The first kappa shape index (κ1) is 22.8. The van der Waals surface area contributed by atoms with Crippen LogP contribution in [0.15, 0.2) is 60.7 Å². The summed E-state index contributed by atoms with van der Waals surface area (Å²) in [5, 5.41) is 21.3. The summed E-state index contributed by atoms with van der Waals surface area (Å²) in [5.41, 5.74) is 2.74. The van der Waals surface area contributed by atoms with Crippen molar-refractivity contribution in [3.63, 3.8) is 0 Å². The lowest BCUT2D eigenvalue weighted by Gasteiger charge is -2.25. The lowest BCUT2D eigenvalue weighted by atomic mass is 9.92. The van der Waals surface area contributed by atoms with Gasteiger partial charge in [-0.1, -0.05) is 37.3 Å². The summed E-state index contributed by atoms with van der Waals surface area (Å²) in [6.07, 6.45) is 2.69. The number of aromatic hydroxyl groups is 1. The minimum atomic E-state index is -0.648. The summed E-state index contributed by atoms with van der Waals surface area (Å²) >= 11 is 0. The van der Waals surface area contributed by atoms with Crippen molar-refractivity contribution in [2.24, 2.45) is 5.92 Å². The summed E-state index contributed by atoms with van der Waals surface area (Å²) in [4.78, 5) is 23.5. The van der Waals surface area contributed by atoms with Crippen LogP contribution in [-0.4, -0.2) is 29.4 Å². The standard InChI is InChI=1S/C22H26N2O6/c1-15(8-6-7-11-20(26)24-28)21(16-12-13-19(29-2)18(25)14-16)30-22(27)23-17-9-4-3-5-10-17/h3-5,7,9-15,21,25,28H,6,8H2,1-2H3,(H,23,27)(H,24,26)/b11-7+/t15-,21+/m1/s1. The van der Waals surface area contributed by atoms with Crippen molar-refractivity contribution >= 4 is 17.7 Å². The molecule has 0 aliphatic heterocycles. The van der Waals surface area contributed by atoms with Gasteiger partial charge in [0.25, 0.3) is 5.91 Å². The van der Waals surface area contributed by atoms with E-state index >= 15 is 0 Å². The number of hydrogen-bond acceptors (Lipinski definition) is 6. The second-order valence-corrected chi connectivity index (χ2v) is 6.68. The quantitative estimate of drug-likeness (QED) is 0.278. The van der Waals surface area contributed by atoms with Gasteiger partial charge in [0.15, 0.2) is 11.5 Å². The van der Waals surface area contributed by atoms with Crippen molar-refractivity contribution in [2.75, 3.05) is 12.4 Å². The van der Waals surface area contributed by atoms with Gasteiger partial charge in [0.05, 0.1) is 7.11 Å². The van der Waals surface area contributed by atoms with Gasteiger partial charge in [0.1, 0.15) is 6.10 Å². The lowest BCUT2D eigenvalue weighted by Crippen LogP contribution is -2.22. The summed E-state index contributed by atoms with van der Waals surface area (Å²) < 4.78 is 10.8. The number of nitrogens with one attached hydrogen (secondary N) is 2. The first-order valence-electron chi connectivity index (χ1n) is 9.44. The number of carbonyl (C=O) groups is 2. The number of rotatable bonds is 9. The summed E-state index contributed by atoms with van der Waals surface area (Å²) in [6.45, 7) is 1.90. The Balaban J connectivity index is 2.14. The average Bonchev–Trinajstić information content (AvgIpc) is 2.75. The molecule has 8 heteroatoms. The number of benzene rings is 2. The number of allylic oxidation sites excluding steroid dienone is 1. The van der Waals surface area contributed by atoms with Crippen LogP contribution in [0.5, 0.6) is 11.5 Å². The predicted octanol–water partition coefficient (Wildman–Crippen LogP) is 4.17. The smallest absolute Gasteiger partial charge is 0.412 e. The third-order valence-electron chi connectivity index (χ3n) is 4.47. The van der Waals surface area contributed by atoms with Crippen molar-refractivity contribution in [1.29, 1.82) is 0 Å². The molecular formula is C22H26N2O6. The maximum absolute atomic E-state index is 12.5. The molecule has 0 heterocycles. The number of hydroxylamine groups is 1. The number of carbonyl (C=O) groups excluding carboxylic acids is 2. The maximum atomic E-state index is 12.5. The summed E-state index contributed by atoms with van der Waals surface area (Å²) in [5.74, 6) is -0.491. The van der Waals surface area contributed by atoms with Gasteiger partial charge in [-0.25, -0.2) is 10.3 Å². The van der Waals surface area contributed by atoms with Gasteiger partial charge in [0, 0.05) is 11.8 Å². The Morgan fingerprint density at radius 2 is 1.90 bits per heavy atom. The van der Waals surface area contributed by atoms with E-state index in [2.05, 4.69) is 5.32 Å². The van der Waals surface area contributed by atoms with Crippen LogP contribution in [-0.2, 0) is 9.53 Å². The van der Waals surface area contributed by atoms with E-state index in [9.17, 15) is 14.7 Å². The molecule has 0 saturated heterocycles. The number of anilines is 1. The zero-order valence-electron chi connectivity index (χ0n) is 16.9. The molecule has 0 saturated carbocycles. The molecule has 2 aromatic rings. The highest BCUT2D eigenvalue weighted by Gasteiger charge is 2.24. The Hall–Kier alpha value is -3.52. The molecular weight excluding hydrogens is 388 g/mol. The van der Waals surface area contributed by atoms with Crippen molar-refractivity contribution in [1.82, 2.24) is 5.48 Å². The van der Waals surface area contributed by atoms with Gasteiger partial charge < -0.3 is 14.6 Å². The second-order valence-electron chi connectivity index (χ2n) is 6.68. The van der Waals surface area contributed by atoms with Gasteiger partial charge in [-0.2, -0.15) is 0 Å². The van der Waals surface area contributed by atoms with Gasteiger partial charge >= 0.3 is 6.09 Å². The molecule has 0 spiro atoms. The molecule has 0 aliphatic carbocycles. The van der Waals surface area contributed by atoms with E-state index in [-0.39, 0.29) is 11.7 Å². The molecule has 0 fully saturated rings. The highest BCUT2D eigenvalue weighted by Crippen LogP contribution is 2.35. The van der Waals surface area contributed by atoms with Crippen LogP contribution in [0.25, 0.3) is 0 Å². The fourth-order valence-corrected chi connectivity index (χ4v) is 2.92. The van der Waals surface area contributed by atoms with Crippen LogP contribution in [0, 0.1) is 5.92 Å². The number of phenolic OH excluding ortho intramolecular Hbond substituents is 1. The third-order valence-corrected chi connectivity index (χ3v) is 4.47. The van der Waals surface area contributed by atoms with E-state index < -0.39 is 18.1 Å². The largest absolute Gasteiger partial charge is 0.504 e. The van der Waals surface area contributed by atoms with Crippen LogP contribution >= 0.6 is 0 Å². The number of hydrogen-bond donors (Lipinski definition) is 4. The molecule has 0 unspecified atom stereocenters. The number of amides is 2. The molecule has 4 N–H and O–H groups in total. The third kappa shape index (κ3) is 6.82. The number of methoxy groups -OCH3 is 1. The Bertz CT molecular complexity index is 869. The molecule has 2 rings (SSSR count). The van der Waals surface area contributed by atoms with Gasteiger partial charge in [-0.3, -0.25) is 15.3 Å². The predicted molar refractivity (Wildman–Crippen MR) is 111 cm³/mol. The molecule has 2 amide bonds. The van der Waals surface area contributed by atoms with E-state index in [1.165, 1.54) is 24.7 Å². The van der Waals surface area contributed by atoms with Crippen molar-refractivity contribution in [2.45, 2.75) is 25.9 Å². The molecule has 0 aliphatic rings. The Kier molecular flexibility index (Phi) is 8.71. The molecule has 2 aromatic carbocycles. The van der Waals surface area contributed by atoms with E-state index in [1.807, 2.05) is 13.0 Å². The minimum absolute atomic E-state index is 0.0567. The van der Waals surface area contributed by atoms with Crippen LogP contribution in [0.2, 0.25) is 0 Å². The zero-order valence-corrected chi connectivity index (χ0v) is 16.9. The minimum Gasteiger partial charge on any atom is -0.504 e. The fourth-order valence-electron chi connectivity index (χ4n) is 2.92. The van der Waals surface area contributed by atoms with Gasteiger partial charge in [0.2, 0.25) is 0 Å². The molecule has 0 bridgehead atoms. The number of ether oxygens (including phenoxy) is 2. The molecule has 0 radical (unpaired) electrons. The van der Waals surface area contributed by atoms with Gasteiger partial charge in [-0.15, -0.1) is 0 Å². The molecule has 8 nitrogen and oxygen atoms in total.